The summed E-state index contributed by atoms with van der Waals surface area (Å²) in [4.78, 5) is 8.96. The van der Waals surface area contributed by atoms with Gasteiger partial charge in [0.1, 0.15) is 35.5 Å². The minimum Gasteiger partial charge on any atom is -0.457 e. The van der Waals surface area contributed by atoms with Crippen molar-refractivity contribution in [1.29, 1.82) is 0 Å². The lowest BCUT2D eigenvalue weighted by Gasteiger charge is -2.29. The summed E-state index contributed by atoms with van der Waals surface area (Å²) in [5.41, 5.74) is 6.98. The van der Waals surface area contributed by atoms with E-state index in [0.29, 0.717) is 28.8 Å². The predicted molar refractivity (Wildman–Crippen MR) is 301 cm³/mol. The Morgan fingerprint density at radius 1 is 0.486 bits per heavy atom. The number of anilines is 4. The Bertz CT molecular complexity index is 4070. The first kappa shape index (κ1) is 35.9. The largest absolute Gasteiger partial charge is 0.457 e. The summed E-state index contributed by atoms with van der Waals surface area (Å²) in [5.74, 6) is 3.30. The molecule has 0 saturated carbocycles. The second-order valence-electron chi connectivity index (χ2n) is 21.4. The molecule has 0 radical (unpaired) electrons. The average molecular weight is 953 g/mol. The van der Waals surface area contributed by atoms with Crippen LogP contribution < -0.4 is 19.3 Å². The van der Waals surface area contributed by atoms with Crippen molar-refractivity contribution in [2.24, 2.45) is 0 Å². The van der Waals surface area contributed by atoms with Crippen LogP contribution in [0.15, 0.2) is 200 Å². The van der Waals surface area contributed by atoms with E-state index in [4.69, 9.17) is 28.2 Å². The molecule has 1 aliphatic heterocycles. The maximum atomic E-state index is 9.15. The maximum Gasteiger partial charge on any atom is 0.141 e. The molecule has 0 bridgehead atoms. The quantitative estimate of drug-likeness (QED) is 0.144. The molecule has 11 rings (SSSR count). The third-order valence-corrected chi connectivity index (χ3v) is 13.3. The second kappa shape index (κ2) is 17.9. The number of pyridine rings is 1. The zero-order valence-electron chi connectivity index (χ0n) is 52.1. The molecule has 0 spiro atoms. The molecule has 358 valence electrons. The Hall–Kier alpha value is -8.09. The number of rotatable bonds is 9. The van der Waals surface area contributed by atoms with Gasteiger partial charge >= 0.3 is 0 Å². The molecule has 0 N–H and O–H groups in total. The van der Waals surface area contributed by atoms with Gasteiger partial charge in [0.25, 0.3) is 0 Å². The minimum absolute atomic E-state index is 0.0921. The first-order chi connectivity index (χ1) is 38.7. The van der Waals surface area contributed by atoms with Crippen LogP contribution in [0.1, 0.15) is 92.7 Å². The first-order valence-electron chi connectivity index (χ1n) is 29.3. The number of ether oxygens (including phenoxy) is 2. The molecule has 72 heavy (non-hydrogen) atoms. The van der Waals surface area contributed by atoms with Crippen LogP contribution in [-0.2, 0) is 16.2 Å². The third-order valence-electron chi connectivity index (χ3n) is 13.3. The van der Waals surface area contributed by atoms with Crippen LogP contribution in [0.5, 0.6) is 23.0 Å². The summed E-state index contributed by atoms with van der Waals surface area (Å²) in [5, 5.41) is 2.05. The molecule has 0 unspecified atom stereocenters. The van der Waals surface area contributed by atoms with Gasteiger partial charge in [0, 0.05) is 63.1 Å². The van der Waals surface area contributed by atoms with Crippen molar-refractivity contribution in [2.75, 3.05) is 16.5 Å². The van der Waals surface area contributed by atoms with Gasteiger partial charge in [-0.15, -0.1) is 0 Å². The van der Waals surface area contributed by atoms with Crippen molar-refractivity contribution in [3.63, 3.8) is 0 Å². The number of fused-ring (bicyclic) bond motifs is 4. The Kier molecular flexibility index (Phi) is 8.95. The van der Waals surface area contributed by atoms with Crippen LogP contribution in [-0.4, -0.2) is 16.2 Å². The smallest absolute Gasteiger partial charge is 0.141 e. The normalized spacial score (nSPS) is 14.9. The Balaban J connectivity index is 1.03. The summed E-state index contributed by atoms with van der Waals surface area (Å²) >= 11 is 0. The zero-order chi connectivity index (χ0) is 58.6. The number of aromatic nitrogens is 2. The van der Waals surface area contributed by atoms with Gasteiger partial charge in [-0.1, -0.05) is 189 Å². The van der Waals surface area contributed by atoms with Crippen LogP contribution in [0.2, 0.25) is 0 Å². The number of hydrogen-bond donors (Lipinski definition) is 0. The van der Waals surface area contributed by atoms with Crippen LogP contribution in [0.25, 0.3) is 49.9 Å². The van der Waals surface area contributed by atoms with Crippen LogP contribution in [0.4, 0.5) is 22.7 Å². The van der Waals surface area contributed by atoms with E-state index >= 15 is 0 Å². The average Bonchev–Trinajstić information content (AvgIpc) is 3.66. The van der Waals surface area contributed by atoms with Gasteiger partial charge in [0.15, 0.2) is 0 Å². The highest BCUT2D eigenvalue weighted by atomic mass is 16.5. The molecule has 0 saturated heterocycles. The fourth-order valence-electron chi connectivity index (χ4n) is 9.79. The SMILES string of the molecule is [2H]c1c([2H])c([2H])c(-c2cccc(-c3c([2H])c([2H])c([2H])c([2H])c3[2H])c2N2CN(c3cc(Oc4ccc5c6ccccc6n(-c6cc(Oc7c(C(C)(C)C)cccc7C(C)(C)C)ccn6)c5c4)cc(C(C)(C)C)c3)c3ccccc32)c([2H])c1[2H]. The lowest BCUT2D eigenvalue weighted by molar-refractivity contribution is 0.432. The van der Waals surface area contributed by atoms with Gasteiger partial charge in [-0.05, 0) is 81.5 Å². The van der Waals surface area contributed by atoms with Crippen molar-refractivity contribution >= 4 is 44.6 Å². The molecule has 0 atom stereocenters. The molecule has 6 heteroatoms. The standard InChI is InChI=1S/C66H62N4O2/c1-64(2,3)46-38-47(68-43-69(59-33-19-18-32-58(59)68)62-51(44-22-12-10-13-23-44)27-20-28-52(62)45-24-14-11-15-25-45)40-50(39-46)71-48-34-35-54-53-26-16-17-31-57(53)70(60(54)41-48)61-42-49(36-37-67-61)72-63-55(65(4,5)6)29-21-30-56(63)66(7,8)9/h10-42H,43H2,1-9H3/i10D,11D,12D,13D,14D,15D,22D,23D,24D,25D. The van der Waals surface area contributed by atoms with Crippen molar-refractivity contribution in [3.8, 4) is 51.1 Å². The third kappa shape index (κ3) is 8.65. The Morgan fingerprint density at radius 3 is 1.71 bits per heavy atom. The van der Waals surface area contributed by atoms with Gasteiger partial charge in [-0.3, -0.25) is 4.57 Å². The summed E-state index contributed by atoms with van der Waals surface area (Å²) in [6.07, 6.45) is 1.78. The molecular formula is C66H62N4O2. The van der Waals surface area contributed by atoms with Gasteiger partial charge in [0.05, 0.1) is 41.8 Å². The summed E-state index contributed by atoms with van der Waals surface area (Å²) < 4.78 is 104. The van der Waals surface area contributed by atoms with Gasteiger partial charge in [-0.2, -0.15) is 0 Å². The second-order valence-corrected chi connectivity index (χ2v) is 21.4. The van der Waals surface area contributed by atoms with Crippen molar-refractivity contribution < 1.29 is 23.2 Å². The molecule has 3 heterocycles. The highest BCUT2D eigenvalue weighted by Gasteiger charge is 2.33. The van der Waals surface area contributed by atoms with Crippen molar-refractivity contribution in [3.05, 3.63) is 217 Å². The van der Waals surface area contributed by atoms with E-state index in [1.165, 1.54) is 0 Å². The zero-order valence-corrected chi connectivity index (χ0v) is 42.1. The predicted octanol–water partition coefficient (Wildman–Crippen LogP) is 18.2. The van der Waals surface area contributed by atoms with E-state index in [2.05, 4.69) is 114 Å². The highest BCUT2D eigenvalue weighted by molar-refractivity contribution is 6.09. The molecule has 6 nitrogen and oxygen atoms in total. The molecule has 10 aromatic rings. The monoisotopic (exact) mass is 953 g/mol. The highest BCUT2D eigenvalue weighted by Crippen LogP contribution is 2.51. The van der Waals surface area contributed by atoms with E-state index in [1.54, 1.807) is 24.4 Å². The number of nitrogens with zero attached hydrogens (tertiary/aromatic N) is 4. The molecule has 8 aromatic carbocycles. The number of benzene rings is 8. The Labute approximate surface area is 438 Å². The molecule has 2 aromatic heterocycles. The van der Waals surface area contributed by atoms with E-state index in [9.17, 15) is 0 Å². The van der Waals surface area contributed by atoms with E-state index in [-0.39, 0.29) is 50.9 Å². The Morgan fingerprint density at radius 2 is 1.07 bits per heavy atom. The van der Waals surface area contributed by atoms with E-state index in [0.717, 1.165) is 55.6 Å². The topological polar surface area (TPSA) is 42.8 Å². The molecule has 0 aliphatic carbocycles. The fourth-order valence-corrected chi connectivity index (χ4v) is 9.79. The van der Waals surface area contributed by atoms with Gasteiger partial charge in [0.2, 0.25) is 0 Å². The van der Waals surface area contributed by atoms with Crippen molar-refractivity contribution in [2.45, 2.75) is 78.6 Å². The van der Waals surface area contributed by atoms with Crippen molar-refractivity contribution in [1.82, 2.24) is 9.55 Å². The fraction of sp³-hybridized carbons (Fsp3) is 0.197. The summed E-state index contributed by atoms with van der Waals surface area (Å²) in [6.45, 7) is 19.7. The van der Waals surface area contributed by atoms with Gasteiger partial charge in [-0.25, -0.2) is 4.98 Å². The van der Waals surface area contributed by atoms with E-state index < -0.39 is 60.4 Å². The lowest BCUT2D eigenvalue weighted by Crippen LogP contribution is -2.25. The minimum atomic E-state index is -0.556. The molecule has 0 fully saturated rings. The number of hydrogen-bond acceptors (Lipinski definition) is 5. The van der Waals surface area contributed by atoms with E-state index in [1.807, 2.05) is 77.7 Å². The lowest BCUT2D eigenvalue weighted by atomic mass is 9.79. The van der Waals surface area contributed by atoms with Gasteiger partial charge < -0.3 is 19.3 Å². The molecular weight excluding hydrogens is 881 g/mol. The summed E-state index contributed by atoms with van der Waals surface area (Å²) in [7, 11) is 0. The molecule has 1 aliphatic rings. The van der Waals surface area contributed by atoms with Crippen LogP contribution in [0.3, 0.4) is 0 Å². The van der Waals surface area contributed by atoms with Crippen LogP contribution >= 0.6 is 0 Å². The molecule has 0 amide bonds. The number of para-hydroxylation sites is 5. The summed E-state index contributed by atoms with van der Waals surface area (Å²) in [6, 6.07) is 38.2. The first-order valence-corrected chi connectivity index (χ1v) is 24.3. The van der Waals surface area contributed by atoms with Crippen LogP contribution in [0, 0.1) is 0 Å². The maximum absolute atomic E-state index is 9.15.